The van der Waals surface area contributed by atoms with Gasteiger partial charge in [0.25, 0.3) is 11.4 Å². The molecule has 0 radical (unpaired) electrons. The Labute approximate surface area is 164 Å². The Bertz CT molecular complexity index is 1230. The van der Waals surface area contributed by atoms with Crippen molar-refractivity contribution in [2.24, 2.45) is 0 Å². The molecule has 0 fully saturated rings. The highest BCUT2D eigenvalue weighted by Gasteiger charge is 2.14. The maximum Gasteiger partial charge on any atom is 0.312 e. The summed E-state index contributed by atoms with van der Waals surface area (Å²) in [5.41, 5.74) is 0.830. The fraction of sp³-hybridized carbons (Fsp3) is 0.150. The number of carbonyl (C=O) groups is 1. The molecule has 0 aliphatic heterocycles. The highest BCUT2D eigenvalue weighted by molar-refractivity contribution is 5.86. The molecule has 0 spiro atoms. The summed E-state index contributed by atoms with van der Waals surface area (Å²) >= 11 is 0. The van der Waals surface area contributed by atoms with E-state index in [2.05, 4.69) is 20.3 Å². The SMILES string of the molecule is COc1cccc(-c2noc(COC(=O)Cc3n[nH]c(=O)c4ccccc34)n2)c1. The van der Waals surface area contributed by atoms with Gasteiger partial charge in [-0.05, 0) is 18.2 Å². The molecule has 0 aliphatic rings. The number of nitrogens with one attached hydrogen (secondary N) is 1. The summed E-state index contributed by atoms with van der Waals surface area (Å²) in [6.07, 6.45) is -0.103. The Morgan fingerprint density at radius 1 is 1.14 bits per heavy atom. The Balaban J connectivity index is 1.43. The van der Waals surface area contributed by atoms with Crippen molar-refractivity contribution in [3.63, 3.8) is 0 Å². The number of ether oxygens (including phenoxy) is 2. The van der Waals surface area contributed by atoms with Gasteiger partial charge in [0.15, 0.2) is 6.61 Å². The quantitative estimate of drug-likeness (QED) is 0.496. The minimum atomic E-state index is -0.532. The van der Waals surface area contributed by atoms with Crippen LogP contribution in [-0.2, 0) is 22.6 Å². The first-order valence-electron chi connectivity index (χ1n) is 8.73. The Kier molecular flexibility index (Phi) is 5.02. The first-order valence-corrected chi connectivity index (χ1v) is 8.73. The van der Waals surface area contributed by atoms with E-state index in [1.807, 2.05) is 12.1 Å². The van der Waals surface area contributed by atoms with Crippen molar-refractivity contribution in [2.75, 3.05) is 7.11 Å². The summed E-state index contributed by atoms with van der Waals surface area (Å²) in [5.74, 6) is 0.662. The van der Waals surface area contributed by atoms with E-state index < -0.39 is 5.97 Å². The largest absolute Gasteiger partial charge is 0.497 e. The molecular formula is C20H16N4O5. The second-order valence-corrected chi connectivity index (χ2v) is 6.13. The van der Waals surface area contributed by atoms with Crippen LogP contribution in [0.3, 0.4) is 0 Å². The summed E-state index contributed by atoms with van der Waals surface area (Å²) in [4.78, 5) is 28.3. The topological polar surface area (TPSA) is 120 Å². The van der Waals surface area contributed by atoms with Gasteiger partial charge in [0.05, 0.1) is 24.6 Å². The first kappa shape index (κ1) is 18.4. The van der Waals surface area contributed by atoms with Crippen molar-refractivity contribution in [1.82, 2.24) is 20.3 Å². The Morgan fingerprint density at radius 3 is 2.79 bits per heavy atom. The lowest BCUT2D eigenvalue weighted by atomic mass is 10.1. The van der Waals surface area contributed by atoms with Gasteiger partial charge in [-0.1, -0.05) is 35.5 Å². The number of benzene rings is 2. The van der Waals surface area contributed by atoms with Crippen LogP contribution in [0.25, 0.3) is 22.2 Å². The molecule has 9 nitrogen and oxygen atoms in total. The number of methoxy groups -OCH3 is 1. The van der Waals surface area contributed by atoms with Gasteiger partial charge in [0.1, 0.15) is 5.75 Å². The third-order valence-corrected chi connectivity index (χ3v) is 4.24. The Hall–Kier alpha value is -4.01. The van der Waals surface area contributed by atoms with Crippen molar-refractivity contribution in [2.45, 2.75) is 13.0 Å². The van der Waals surface area contributed by atoms with Gasteiger partial charge in [-0.3, -0.25) is 9.59 Å². The van der Waals surface area contributed by atoms with E-state index in [1.165, 1.54) is 0 Å². The average molecular weight is 392 g/mol. The summed E-state index contributed by atoms with van der Waals surface area (Å²) in [7, 11) is 1.57. The summed E-state index contributed by atoms with van der Waals surface area (Å²) in [5, 5.41) is 11.3. The summed E-state index contributed by atoms with van der Waals surface area (Å²) in [6.45, 7) is -0.170. The number of hydrogen-bond acceptors (Lipinski definition) is 8. The third-order valence-electron chi connectivity index (χ3n) is 4.24. The number of H-pyrrole nitrogens is 1. The molecular weight excluding hydrogens is 376 g/mol. The average Bonchev–Trinajstić information content (AvgIpc) is 3.24. The maximum atomic E-state index is 12.2. The second-order valence-electron chi connectivity index (χ2n) is 6.13. The molecule has 9 heteroatoms. The molecule has 4 rings (SSSR count). The van der Waals surface area contributed by atoms with Crippen LogP contribution in [0.4, 0.5) is 0 Å². The van der Waals surface area contributed by atoms with Crippen molar-refractivity contribution < 1.29 is 18.8 Å². The zero-order valence-corrected chi connectivity index (χ0v) is 15.4. The minimum Gasteiger partial charge on any atom is -0.497 e. The van der Waals surface area contributed by atoms with Gasteiger partial charge < -0.3 is 14.0 Å². The van der Waals surface area contributed by atoms with Gasteiger partial charge in [-0.2, -0.15) is 10.1 Å². The van der Waals surface area contributed by atoms with Crippen molar-refractivity contribution in [1.29, 1.82) is 0 Å². The lowest BCUT2D eigenvalue weighted by Gasteiger charge is -2.04. The van der Waals surface area contributed by atoms with Crippen LogP contribution < -0.4 is 10.3 Å². The van der Waals surface area contributed by atoms with Crippen LogP contribution in [0.5, 0.6) is 5.75 Å². The van der Waals surface area contributed by atoms with Crippen molar-refractivity contribution in [3.8, 4) is 17.1 Å². The molecule has 1 N–H and O–H groups in total. The molecule has 4 aromatic rings. The van der Waals surface area contributed by atoms with Gasteiger partial charge in [0, 0.05) is 10.9 Å². The van der Waals surface area contributed by atoms with Crippen LogP contribution in [0.15, 0.2) is 57.8 Å². The lowest BCUT2D eigenvalue weighted by Crippen LogP contribution is -2.15. The predicted molar refractivity (Wildman–Crippen MR) is 102 cm³/mol. The van der Waals surface area contributed by atoms with Crippen LogP contribution in [0.2, 0.25) is 0 Å². The molecule has 2 heterocycles. The van der Waals surface area contributed by atoms with Crippen molar-refractivity contribution in [3.05, 3.63) is 70.5 Å². The van der Waals surface area contributed by atoms with Gasteiger partial charge in [-0.25, -0.2) is 5.10 Å². The van der Waals surface area contributed by atoms with Crippen LogP contribution in [0, 0.1) is 0 Å². The van der Waals surface area contributed by atoms with Crippen molar-refractivity contribution >= 4 is 16.7 Å². The molecule has 0 amide bonds. The van der Waals surface area contributed by atoms with Crippen LogP contribution in [-0.4, -0.2) is 33.4 Å². The molecule has 0 saturated carbocycles. The second kappa shape index (κ2) is 7.93. The van der Waals surface area contributed by atoms with E-state index in [-0.39, 0.29) is 24.5 Å². The molecule has 0 saturated heterocycles. The van der Waals surface area contributed by atoms with Gasteiger partial charge >= 0.3 is 5.97 Å². The predicted octanol–water partition coefficient (Wildman–Crippen LogP) is 2.27. The maximum absolute atomic E-state index is 12.2. The number of esters is 1. The van der Waals surface area contributed by atoms with Crippen LogP contribution >= 0.6 is 0 Å². The summed E-state index contributed by atoms with van der Waals surface area (Å²) in [6, 6.07) is 14.1. The van der Waals surface area contributed by atoms with E-state index in [1.54, 1.807) is 43.5 Å². The number of aromatic amines is 1. The fourth-order valence-corrected chi connectivity index (χ4v) is 2.83. The number of aromatic nitrogens is 4. The van der Waals surface area contributed by atoms with E-state index in [9.17, 15) is 9.59 Å². The molecule has 146 valence electrons. The zero-order chi connectivity index (χ0) is 20.2. The Morgan fingerprint density at radius 2 is 1.97 bits per heavy atom. The zero-order valence-electron chi connectivity index (χ0n) is 15.4. The normalized spacial score (nSPS) is 10.8. The molecule has 2 aromatic carbocycles. The fourth-order valence-electron chi connectivity index (χ4n) is 2.83. The monoisotopic (exact) mass is 392 g/mol. The molecule has 0 bridgehead atoms. The minimum absolute atomic E-state index is 0.103. The van der Waals surface area contributed by atoms with E-state index >= 15 is 0 Å². The third kappa shape index (κ3) is 3.98. The molecule has 0 atom stereocenters. The molecule has 29 heavy (non-hydrogen) atoms. The van der Waals surface area contributed by atoms with Gasteiger partial charge in [-0.15, -0.1) is 0 Å². The number of rotatable bonds is 6. The van der Waals surface area contributed by atoms with E-state index in [0.717, 1.165) is 5.56 Å². The number of carbonyl (C=O) groups excluding carboxylic acids is 1. The number of fused-ring (bicyclic) bond motifs is 1. The molecule has 0 aliphatic carbocycles. The van der Waals surface area contributed by atoms with E-state index in [4.69, 9.17) is 14.0 Å². The highest BCUT2D eigenvalue weighted by atomic mass is 16.6. The lowest BCUT2D eigenvalue weighted by molar-refractivity contribution is -0.144. The molecule has 0 unspecified atom stereocenters. The van der Waals surface area contributed by atoms with Gasteiger partial charge in [0.2, 0.25) is 5.82 Å². The first-order chi connectivity index (χ1) is 14.1. The number of nitrogens with zero attached hydrogens (tertiary/aromatic N) is 3. The summed E-state index contributed by atoms with van der Waals surface area (Å²) < 4.78 is 15.5. The smallest absolute Gasteiger partial charge is 0.312 e. The molecule has 2 aromatic heterocycles. The standard InChI is InChI=1S/C20H16N4O5/c1-27-13-6-4-5-12(9-13)19-21-17(29-24-19)11-28-18(25)10-16-14-7-2-3-8-15(14)20(26)23-22-16/h2-9H,10-11H2,1H3,(H,23,26). The highest BCUT2D eigenvalue weighted by Crippen LogP contribution is 2.21. The number of hydrogen-bond donors (Lipinski definition) is 1. The van der Waals surface area contributed by atoms with Crippen LogP contribution in [0.1, 0.15) is 11.6 Å². The van der Waals surface area contributed by atoms with E-state index in [0.29, 0.717) is 28.0 Å².